The number of aliphatic hydroxyl groups excluding tert-OH is 1. The molecule has 0 aliphatic carbocycles. The minimum atomic E-state index is -4.42. The van der Waals surface area contributed by atoms with Crippen molar-refractivity contribution in [3.63, 3.8) is 0 Å². The van der Waals surface area contributed by atoms with Gasteiger partial charge in [-0.25, -0.2) is 4.98 Å². The zero-order chi connectivity index (χ0) is 37.9. The maximum absolute atomic E-state index is 13.5. The predicted octanol–water partition coefficient (Wildman–Crippen LogP) is 13.2. The summed E-state index contributed by atoms with van der Waals surface area (Å²) in [7, 11) is 0. The van der Waals surface area contributed by atoms with Crippen LogP contribution in [0.3, 0.4) is 0 Å². The van der Waals surface area contributed by atoms with Crippen molar-refractivity contribution in [3.05, 3.63) is 83.4 Å². The molecule has 4 nitrogen and oxygen atoms in total. The summed E-state index contributed by atoms with van der Waals surface area (Å²) in [5.74, 6) is 0.547. The quantitative estimate of drug-likeness (QED) is 0.0909. The van der Waals surface area contributed by atoms with Crippen LogP contribution in [0, 0.1) is 23.3 Å². The fraction of sp³-hybridized carbons (Fsp3) is 0.465. The first-order valence-corrected chi connectivity index (χ1v) is 18.8. The molecule has 0 aliphatic heterocycles. The van der Waals surface area contributed by atoms with Crippen LogP contribution in [0.1, 0.15) is 112 Å². The third-order valence-corrected chi connectivity index (χ3v) is 10.5. The van der Waals surface area contributed by atoms with Crippen LogP contribution in [-0.4, -0.2) is 20.9 Å². The minimum absolute atomic E-state index is 0. The topological polar surface area (TPSA) is 63.1 Å². The van der Waals surface area contributed by atoms with Crippen LogP contribution in [0.4, 0.5) is 13.2 Å². The van der Waals surface area contributed by atoms with Gasteiger partial charge in [0.1, 0.15) is 6.33 Å². The Balaban J connectivity index is 0.000000389. The first-order valence-electron chi connectivity index (χ1n) is 18.0. The molecule has 0 saturated carbocycles. The summed E-state index contributed by atoms with van der Waals surface area (Å²) < 4.78 is 42.6. The van der Waals surface area contributed by atoms with Crippen LogP contribution in [0.5, 0.6) is 0 Å². The average Bonchev–Trinajstić information content (AvgIpc) is 3.41. The number of thiophene rings is 1. The van der Waals surface area contributed by atoms with Gasteiger partial charge in [-0.05, 0) is 54.6 Å². The molecule has 0 aliphatic rings. The van der Waals surface area contributed by atoms with E-state index in [1.54, 1.807) is 17.4 Å². The second-order valence-corrected chi connectivity index (χ2v) is 16.7. The number of fused-ring (bicyclic) bond motifs is 4. The molecule has 1 N–H and O–H groups in total. The molecule has 283 valence electrons. The third kappa shape index (κ3) is 10.3. The number of hydrogen-bond acceptors (Lipinski definition) is 5. The summed E-state index contributed by atoms with van der Waals surface area (Å²) in [4.78, 5) is 20.9. The largest absolute Gasteiger partial charge is 0.512 e. The molecule has 0 atom stereocenters. The molecule has 9 heteroatoms. The molecule has 0 unspecified atom stereocenters. The number of rotatable bonds is 9. The number of nitrogens with zero attached hydrogens (tertiary/aromatic N) is 2. The van der Waals surface area contributed by atoms with Crippen molar-refractivity contribution >= 4 is 48.2 Å². The number of carbonyl (C=O) groups is 1. The zero-order valence-electron chi connectivity index (χ0n) is 32.0. The van der Waals surface area contributed by atoms with E-state index in [1.807, 2.05) is 33.8 Å². The van der Waals surface area contributed by atoms with E-state index in [9.17, 15) is 23.1 Å². The standard InChI is InChI=1S/C30H28F3N2S.C13H24O2.Ir/c1-28(2,3)15-17-7-9-22-24(11-17)36-27-25(34-16-35-26(22)27)19-12-18-13-20(30(31,32)33)8-10-21(18)23(14-19)29(4,5)6;1-5-10(6-2)12(14)9-13(15)11(7-3)8-4;/h7-11,13-14,16H,15H2,1-6H3;9-11,14H,5-8H2,1-4H3;/q-1;;/b;12-9-;. The summed E-state index contributed by atoms with van der Waals surface area (Å²) in [5, 5.41) is 12.0. The van der Waals surface area contributed by atoms with E-state index >= 15 is 0 Å². The fourth-order valence-electron chi connectivity index (χ4n) is 6.52. The Hall–Kier alpha value is -3.13. The van der Waals surface area contributed by atoms with Crippen molar-refractivity contribution in [2.75, 3.05) is 0 Å². The summed E-state index contributed by atoms with van der Waals surface area (Å²) >= 11 is 1.62. The number of halogens is 3. The maximum atomic E-state index is 13.5. The smallest absolute Gasteiger partial charge is 0.409 e. The zero-order valence-corrected chi connectivity index (χ0v) is 35.2. The summed E-state index contributed by atoms with van der Waals surface area (Å²) in [6.45, 7) is 20.9. The molecular weight excluding hydrogens is 858 g/mol. The van der Waals surface area contributed by atoms with E-state index in [1.165, 1.54) is 24.0 Å². The van der Waals surface area contributed by atoms with Crippen molar-refractivity contribution in [1.82, 2.24) is 9.97 Å². The van der Waals surface area contributed by atoms with Gasteiger partial charge in [-0.3, -0.25) is 9.78 Å². The van der Waals surface area contributed by atoms with Crippen LogP contribution in [0.25, 0.3) is 42.3 Å². The van der Waals surface area contributed by atoms with E-state index in [-0.39, 0.29) is 54.3 Å². The van der Waals surface area contributed by atoms with Crippen LogP contribution < -0.4 is 0 Å². The Morgan fingerprint density at radius 2 is 1.48 bits per heavy atom. The van der Waals surface area contributed by atoms with Gasteiger partial charge >= 0.3 is 6.18 Å². The van der Waals surface area contributed by atoms with Gasteiger partial charge in [0.2, 0.25) is 0 Å². The number of hydrogen-bond donors (Lipinski definition) is 1. The van der Waals surface area contributed by atoms with Gasteiger partial charge in [-0.1, -0.05) is 104 Å². The minimum Gasteiger partial charge on any atom is -0.512 e. The number of ketones is 1. The molecule has 0 spiro atoms. The summed E-state index contributed by atoms with van der Waals surface area (Å²) in [6, 6.07) is 15.7. The number of allylic oxidation sites excluding steroid dienone is 2. The van der Waals surface area contributed by atoms with Crippen molar-refractivity contribution in [2.24, 2.45) is 17.3 Å². The first-order chi connectivity index (χ1) is 23.8. The molecule has 0 saturated heterocycles. The molecule has 2 heterocycles. The molecule has 1 radical (unpaired) electrons. The van der Waals surface area contributed by atoms with Crippen LogP contribution in [0.15, 0.2) is 60.6 Å². The summed E-state index contributed by atoms with van der Waals surface area (Å²) in [6.07, 6.45) is 2.99. The molecular formula is C43H52F3IrN2O2S-. The summed E-state index contributed by atoms with van der Waals surface area (Å²) in [5.41, 5.74) is 3.68. The van der Waals surface area contributed by atoms with E-state index in [0.717, 1.165) is 69.4 Å². The van der Waals surface area contributed by atoms with Crippen LogP contribution >= 0.6 is 11.3 Å². The predicted molar refractivity (Wildman–Crippen MR) is 207 cm³/mol. The number of alkyl halides is 3. The van der Waals surface area contributed by atoms with Crippen molar-refractivity contribution < 1.29 is 43.2 Å². The fourth-order valence-corrected chi connectivity index (χ4v) is 7.75. The van der Waals surface area contributed by atoms with Gasteiger partial charge in [0.15, 0.2) is 5.78 Å². The van der Waals surface area contributed by atoms with Gasteiger partial charge in [-0.15, -0.1) is 40.5 Å². The Morgan fingerprint density at radius 1 is 0.865 bits per heavy atom. The number of carbonyl (C=O) groups excluding carboxylic acids is 1. The van der Waals surface area contributed by atoms with Crippen LogP contribution in [0.2, 0.25) is 0 Å². The molecule has 5 rings (SSSR count). The molecule has 0 amide bonds. The van der Waals surface area contributed by atoms with Gasteiger partial charge < -0.3 is 5.11 Å². The Bertz CT molecular complexity index is 2030. The Morgan fingerprint density at radius 3 is 2.04 bits per heavy atom. The Kier molecular flexibility index (Phi) is 14.4. The van der Waals surface area contributed by atoms with Crippen molar-refractivity contribution in [1.29, 1.82) is 0 Å². The van der Waals surface area contributed by atoms with Gasteiger partial charge in [0.05, 0.1) is 11.3 Å². The molecule has 0 fully saturated rings. The van der Waals surface area contributed by atoms with E-state index in [2.05, 4.69) is 75.8 Å². The first kappa shape index (κ1) is 43.3. The van der Waals surface area contributed by atoms with Crippen molar-refractivity contribution in [3.8, 4) is 11.3 Å². The van der Waals surface area contributed by atoms with E-state index in [4.69, 9.17) is 0 Å². The van der Waals surface area contributed by atoms with Gasteiger partial charge in [0, 0.05) is 64.1 Å². The molecule has 2 aromatic heterocycles. The SMILES string of the molecule is CC(C)(C)Cc1ccc2c(c1)sc1c(-c3[c-]c4cc(C(F)(F)F)ccc4c(C(C)(C)C)c3)ncnc12.CCC(CC)C(=O)/C=C(\O)C(CC)CC.[Ir]. The molecule has 0 bridgehead atoms. The van der Waals surface area contributed by atoms with E-state index in [0.29, 0.717) is 16.6 Å². The molecule has 5 aromatic rings. The second kappa shape index (κ2) is 17.3. The maximum Gasteiger partial charge on any atom is 0.409 e. The van der Waals surface area contributed by atoms with Crippen LogP contribution in [-0.2, 0) is 42.9 Å². The third-order valence-electron chi connectivity index (χ3n) is 9.39. The average molecular weight is 910 g/mol. The molecule has 3 aromatic carbocycles. The van der Waals surface area contributed by atoms with Gasteiger partial charge in [-0.2, -0.15) is 13.2 Å². The Labute approximate surface area is 324 Å². The van der Waals surface area contributed by atoms with E-state index < -0.39 is 11.7 Å². The number of benzene rings is 3. The number of aliphatic hydroxyl groups is 1. The monoisotopic (exact) mass is 910 g/mol. The number of aromatic nitrogens is 2. The normalized spacial score (nSPS) is 12.8. The second-order valence-electron chi connectivity index (χ2n) is 15.7. The van der Waals surface area contributed by atoms with Crippen molar-refractivity contribution in [2.45, 2.75) is 113 Å². The molecule has 52 heavy (non-hydrogen) atoms. The van der Waals surface area contributed by atoms with Gasteiger partial charge in [0.25, 0.3) is 0 Å².